The lowest BCUT2D eigenvalue weighted by molar-refractivity contribution is -0.0145. The first-order valence-corrected chi connectivity index (χ1v) is 5.38. The van der Waals surface area contributed by atoms with Gasteiger partial charge in [-0.3, -0.25) is 9.80 Å². The highest BCUT2D eigenvalue weighted by atomic mass is 16.5. The second-order valence-electron chi connectivity index (χ2n) is 4.27. The van der Waals surface area contributed by atoms with Crippen LogP contribution in [0.25, 0.3) is 0 Å². The van der Waals surface area contributed by atoms with Crippen LogP contribution in [0, 0.1) is 6.10 Å². The predicted molar refractivity (Wildman–Crippen MR) is 50.2 cm³/mol. The fraction of sp³-hybridized carbons (Fsp3) is 0.900. The Morgan fingerprint density at radius 3 is 2.54 bits per heavy atom. The second kappa shape index (κ2) is 3.23. The summed E-state index contributed by atoms with van der Waals surface area (Å²) in [7, 11) is 0. The minimum atomic E-state index is 0.630. The molecular formula is C10H17N2O. The van der Waals surface area contributed by atoms with Gasteiger partial charge in [0.05, 0.1) is 6.04 Å². The molecule has 3 heteroatoms. The Morgan fingerprint density at radius 2 is 2.00 bits per heavy atom. The Kier molecular flexibility index (Phi) is 2.04. The molecule has 2 bridgehead atoms. The maximum absolute atomic E-state index is 5.69. The van der Waals surface area contributed by atoms with Crippen molar-refractivity contribution in [3.05, 3.63) is 6.10 Å². The van der Waals surface area contributed by atoms with Crippen molar-refractivity contribution in [2.75, 3.05) is 39.3 Å². The zero-order chi connectivity index (χ0) is 8.67. The van der Waals surface area contributed by atoms with Gasteiger partial charge in [-0.25, -0.2) is 0 Å². The molecule has 0 spiro atoms. The first-order valence-electron chi connectivity index (χ1n) is 5.38. The molecule has 0 saturated carbocycles. The molecule has 73 valence electrons. The fourth-order valence-electron chi connectivity index (χ4n) is 2.71. The molecule has 0 aromatic carbocycles. The van der Waals surface area contributed by atoms with Gasteiger partial charge in [0.25, 0.3) is 0 Å². The average Bonchev–Trinajstić information content (AvgIpc) is 2.72. The van der Waals surface area contributed by atoms with E-state index in [1.54, 1.807) is 0 Å². The molecule has 0 aromatic rings. The highest BCUT2D eigenvalue weighted by molar-refractivity contribution is 5.03. The van der Waals surface area contributed by atoms with E-state index in [1.807, 2.05) is 0 Å². The Labute approximate surface area is 79.6 Å². The van der Waals surface area contributed by atoms with Crippen molar-refractivity contribution < 1.29 is 4.74 Å². The summed E-state index contributed by atoms with van der Waals surface area (Å²) in [6, 6.07) is 0.630. The molecule has 3 nitrogen and oxygen atoms in total. The summed E-state index contributed by atoms with van der Waals surface area (Å²) in [5, 5.41) is 0. The molecule has 1 unspecified atom stereocenters. The standard InChI is InChI=1S/C10H17N2O/c1-2-10(13-7-1)9-8-11-3-5-12(9)6-4-11/h9H,1-8H2. The number of ether oxygens (including phenoxy) is 1. The van der Waals surface area contributed by atoms with Crippen LogP contribution < -0.4 is 0 Å². The van der Waals surface area contributed by atoms with Gasteiger partial charge in [-0.05, 0) is 12.8 Å². The van der Waals surface area contributed by atoms with Crippen LogP contribution in [0.3, 0.4) is 0 Å². The van der Waals surface area contributed by atoms with Crippen LogP contribution in [-0.4, -0.2) is 55.2 Å². The first-order chi connectivity index (χ1) is 6.43. The number of hydrogen-bond acceptors (Lipinski definition) is 3. The zero-order valence-electron chi connectivity index (χ0n) is 8.04. The van der Waals surface area contributed by atoms with Crippen molar-refractivity contribution in [1.29, 1.82) is 0 Å². The normalized spacial score (nSPS) is 45.7. The summed E-state index contributed by atoms with van der Waals surface area (Å²) in [5.41, 5.74) is 0. The van der Waals surface area contributed by atoms with Crippen molar-refractivity contribution >= 4 is 0 Å². The highest BCUT2D eigenvalue weighted by Gasteiger charge is 2.38. The van der Waals surface area contributed by atoms with Gasteiger partial charge in [0, 0.05) is 39.3 Å². The molecule has 0 amide bonds. The van der Waals surface area contributed by atoms with E-state index in [1.165, 1.54) is 51.7 Å². The van der Waals surface area contributed by atoms with Gasteiger partial charge in [0.2, 0.25) is 0 Å². The largest absolute Gasteiger partial charge is 0.370 e. The van der Waals surface area contributed by atoms with E-state index in [0.717, 1.165) is 6.61 Å². The number of nitrogens with zero attached hydrogens (tertiary/aromatic N) is 2. The van der Waals surface area contributed by atoms with Crippen LogP contribution in [0.15, 0.2) is 0 Å². The Balaban J connectivity index is 1.70. The summed E-state index contributed by atoms with van der Waals surface area (Å²) in [6.07, 6.45) is 3.80. The second-order valence-corrected chi connectivity index (χ2v) is 4.27. The number of rotatable bonds is 1. The number of fused-ring (bicyclic) bond motifs is 3. The van der Waals surface area contributed by atoms with Crippen molar-refractivity contribution in [3.8, 4) is 0 Å². The molecule has 4 aliphatic heterocycles. The topological polar surface area (TPSA) is 15.7 Å². The molecule has 0 N–H and O–H groups in total. The summed E-state index contributed by atoms with van der Waals surface area (Å²) in [5.74, 6) is 0. The summed E-state index contributed by atoms with van der Waals surface area (Å²) in [4.78, 5) is 5.17. The van der Waals surface area contributed by atoms with Crippen LogP contribution >= 0.6 is 0 Å². The van der Waals surface area contributed by atoms with E-state index >= 15 is 0 Å². The Bertz CT molecular complexity index is 181. The van der Waals surface area contributed by atoms with Crippen LogP contribution in [0.4, 0.5) is 0 Å². The van der Waals surface area contributed by atoms with Crippen LogP contribution in [0.1, 0.15) is 12.8 Å². The highest BCUT2D eigenvalue weighted by Crippen LogP contribution is 2.30. The lowest BCUT2D eigenvalue weighted by Gasteiger charge is -2.48. The quantitative estimate of drug-likeness (QED) is 0.580. The van der Waals surface area contributed by atoms with Crippen molar-refractivity contribution in [2.24, 2.45) is 0 Å². The molecule has 4 saturated heterocycles. The molecule has 1 radical (unpaired) electrons. The molecule has 4 aliphatic rings. The summed E-state index contributed by atoms with van der Waals surface area (Å²) in [6.45, 7) is 7.21. The van der Waals surface area contributed by atoms with Crippen LogP contribution in [0.5, 0.6) is 0 Å². The monoisotopic (exact) mass is 181 g/mol. The molecule has 4 heterocycles. The van der Waals surface area contributed by atoms with Gasteiger partial charge in [-0.15, -0.1) is 0 Å². The maximum atomic E-state index is 5.69. The maximum Gasteiger partial charge on any atom is 0.115 e. The average molecular weight is 181 g/mol. The van der Waals surface area contributed by atoms with Gasteiger partial charge in [0.1, 0.15) is 6.10 Å². The van der Waals surface area contributed by atoms with Gasteiger partial charge < -0.3 is 4.74 Å². The number of hydrogen-bond donors (Lipinski definition) is 0. The van der Waals surface area contributed by atoms with Gasteiger partial charge in [-0.1, -0.05) is 0 Å². The lowest BCUT2D eigenvalue weighted by atomic mass is 10.0. The summed E-state index contributed by atoms with van der Waals surface area (Å²) < 4.78 is 5.69. The van der Waals surface area contributed by atoms with Crippen LogP contribution in [0.2, 0.25) is 0 Å². The summed E-state index contributed by atoms with van der Waals surface area (Å²) >= 11 is 0. The first kappa shape index (κ1) is 8.21. The van der Waals surface area contributed by atoms with Crippen molar-refractivity contribution in [1.82, 2.24) is 9.80 Å². The van der Waals surface area contributed by atoms with E-state index in [-0.39, 0.29) is 0 Å². The SMILES string of the molecule is C1CO[C](C2CN3CCN2CC3)C1. The van der Waals surface area contributed by atoms with E-state index in [4.69, 9.17) is 4.74 Å². The Morgan fingerprint density at radius 1 is 1.15 bits per heavy atom. The fourth-order valence-corrected chi connectivity index (χ4v) is 2.71. The minimum absolute atomic E-state index is 0.630. The lowest BCUT2D eigenvalue weighted by Crippen LogP contribution is -2.62. The molecular weight excluding hydrogens is 164 g/mol. The number of piperazine rings is 3. The van der Waals surface area contributed by atoms with E-state index in [0.29, 0.717) is 6.04 Å². The van der Waals surface area contributed by atoms with E-state index in [9.17, 15) is 0 Å². The Hall–Kier alpha value is -0.120. The third-order valence-corrected chi connectivity index (χ3v) is 3.51. The van der Waals surface area contributed by atoms with Crippen LogP contribution in [-0.2, 0) is 4.74 Å². The van der Waals surface area contributed by atoms with Gasteiger partial charge in [-0.2, -0.15) is 0 Å². The molecule has 13 heavy (non-hydrogen) atoms. The third-order valence-electron chi connectivity index (χ3n) is 3.51. The van der Waals surface area contributed by atoms with Crippen molar-refractivity contribution in [2.45, 2.75) is 18.9 Å². The zero-order valence-corrected chi connectivity index (χ0v) is 8.04. The van der Waals surface area contributed by atoms with Crippen molar-refractivity contribution in [3.63, 3.8) is 0 Å². The molecule has 0 aliphatic carbocycles. The third kappa shape index (κ3) is 1.39. The molecule has 4 rings (SSSR count). The molecule has 4 fully saturated rings. The van der Waals surface area contributed by atoms with E-state index in [2.05, 4.69) is 9.80 Å². The molecule has 1 atom stereocenters. The van der Waals surface area contributed by atoms with E-state index < -0.39 is 0 Å². The predicted octanol–water partition coefficient (Wildman–Crippen LogP) is 0.329. The molecule has 0 aromatic heterocycles. The van der Waals surface area contributed by atoms with Gasteiger partial charge >= 0.3 is 0 Å². The minimum Gasteiger partial charge on any atom is -0.370 e. The smallest absolute Gasteiger partial charge is 0.115 e. The van der Waals surface area contributed by atoms with Gasteiger partial charge in [0.15, 0.2) is 0 Å².